The first kappa shape index (κ1) is 12.1. The number of carbonyl (C=O) groups excluding carboxylic acids is 1. The molecule has 1 heterocycles. The molecule has 2 nitrogen and oxygen atoms in total. The second kappa shape index (κ2) is 4.49. The van der Waals surface area contributed by atoms with Gasteiger partial charge in [-0.05, 0) is 54.4 Å². The van der Waals surface area contributed by atoms with Crippen LogP contribution in [0, 0.1) is 20.8 Å². The second-order valence-corrected chi connectivity index (χ2v) is 4.98. The number of benzene rings is 1. The zero-order chi connectivity index (χ0) is 12.6. The van der Waals surface area contributed by atoms with Gasteiger partial charge in [0.15, 0.2) is 6.29 Å². The zero-order valence-electron chi connectivity index (χ0n) is 10.1. The number of aldehydes is 1. The van der Waals surface area contributed by atoms with Crippen LogP contribution in [0.15, 0.2) is 28.7 Å². The minimum atomic E-state index is 0.746. The van der Waals surface area contributed by atoms with E-state index in [-0.39, 0.29) is 0 Å². The highest BCUT2D eigenvalue weighted by molar-refractivity contribution is 9.10. The molecular weight excluding hydrogens is 278 g/mol. The number of hydrogen-bond acceptors (Lipinski definition) is 1. The Balaban J connectivity index is 2.72. The van der Waals surface area contributed by atoms with E-state index < -0.39 is 0 Å². The number of nitrogens with zero attached hydrogens (tertiary/aromatic N) is 1. The Hall–Kier alpha value is -1.35. The molecule has 0 saturated carbocycles. The summed E-state index contributed by atoms with van der Waals surface area (Å²) in [6.45, 7) is 6.03. The molecule has 0 aliphatic rings. The molecule has 0 unspecified atom stereocenters. The third-order valence-electron chi connectivity index (χ3n) is 3.01. The van der Waals surface area contributed by atoms with Crippen LogP contribution in [0.1, 0.15) is 27.3 Å². The normalized spacial score (nSPS) is 10.6. The molecule has 0 bridgehead atoms. The lowest BCUT2D eigenvalue weighted by Gasteiger charge is -2.13. The Morgan fingerprint density at radius 3 is 2.53 bits per heavy atom. The lowest BCUT2D eigenvalue weighted by Crippen LogP contribution is -2.01. The van der Waals surface area contributed by atoms with Crippen molar-refractivity contribution in [2.24, 2.45) is 0 Å². The van der Waals surface area contributed by atoms with E-state index >= 15 is 0 Å². The maximum absolute atomic E-state index is 11.0. The molecule has 0 saturated heterocycles. The topological polar surface area (TPSA) is 22.0 Å². The molecule has 0 N–H and O–H groups in total. The molecule has 1 aromatic heterocycles. The third kappa shape index (κ3) is 1.95. The summed E-state index contributed by atoms with van der Waals surface area (Å²) in [5, 5.41) is 0. The van der Waals surface area contributed by atoms with Gasteiger partial charge in [0.25, 0.3) is 0 Å². The van der Waals surface area contributed by atoms with Gasteiger partial charge in [0.2, 0.25) is 0 Å². The molecule has 0 atom stereocenters. The van der Waals surface area contributed by atoms with Crippen molar-refractivity contribution >= 4 is 22.2 Å². The van der Waals surface area contributed by atoms with Crippen molar-refractivity contribution in [1.29, 1.82) is 0 Å². The molecule has 88 valence electrons. The van der Waals surface area contributed by atoms with Crippen LogP contribution in [0.4, 0.5) is 0 Å². The van der Waals surface area contributed by atoms with Crippen LogP contribution in [-0.2, 0) is 0 Å². The fourth-order valence-electron chi connectivity index (χ4n) is 2.08. The number of aryl methyl sites for hydroxylation is 2. The van der Waals surface area contributed by atoms with Gasteiger partial charge in [-0.15, -0.1) is 0 Å². The first-order valence-corrected chi connectivity index (χ1v) is 6.25. The van der Waals surface area contributed by atoms with Crippen molar-refractivity contribution in [3.8, 4) is 5.69 Å². The van der Waals surface area contributed by atoms with E-state index in [0.29, 0.717) is 0 Å². The van der Waals surface area contributed by atoms with Crippen LogP contribution in [0.5, 0.6) is 0 Å². The lowest BCUT2D eigenvalue weighted by atomic mass is 10.2. The quantitative estimate of drug-likeness (QED) is 0.767. The number of halogens is 1. The predicted octanol–water partition coefficient (Wildman–Crippen LogP) is 3.98. The minimum absolute atomic E-state index is 0.746. The van der Waals surface area contributed by atoms with Crippen LogP contribution < -0.4 is 0 Å². The summed E-state index contributed by atoms with van der Waals surface area (Å²) in [7, 11) is 0. The van der Waals surface area contributed by atoms with Crippen LogP contribution in [0.25, 0.3) is 5.69 Å². The fourth-order valence-corrected chi connectivity index (χ4v) is 2.52. The predicted molar refractivity (Wildman–Crippen MR) is 73.1 cm³/mol. The summed E-state index contributed by atoms with van der Waals surface area (Å²) < 4.78 is 3.17. The molecule has 2 aromatic rings. The molecule has 0 spiro atoms. The second-order valence-electron chi connectivity index (χ2n) is 4.19. The number of aromatic nitrogens is 1. The van der Waals surface area contributed by atoms with Gasteiger partial charge in [0.1, 0.15) is 0 Å². The Labute approximate surface area is 109 Å². The van der Waals surface area contributed by atoms with Crippen LogP contribution in [0.3, 0.4) is 0 Å². The first-order valence-electron chi connectivity index (χ1n) is 5.46. The van der Waals surface area contributed by atoms with Gasteiger partial charge in [-0.1, -0.05) is 12.1 Å². The summed E-state index contributed by atoms with van der Waals surface area (Å²) in [6, 6.07) is 8.04. The maximum atomic E-state index is 11.0. The molecule has 0 fully saturated rings. The Kier molecular flexibility index (Phi) is 3.20. The van der Waals surface area contributed by atoms with E-state index in [2.05, 4.69) is 33.5 Å². The van der Waals surface area contributed by atoms with E-state index in [0.717, 1.165) is 33.4 Å². The average Bonchev–Trinajstić information content (AvgIpc) is 2.58. The Bertz CT molecular complexity index is 584. The van der Waals surface area contributed by atoms with E-state index in [4.69, 9.17) is 0 Å². The summed E-state index contributed by atoms with van der Waals surface area (Å²) in [5.74, 6) is 0. The largest absolute Gasteiger partial charge is 0.317 e. The molecule has 17 heavy (non-hydrogen) atoms. The standard InChI is InChI=1S/C14H14BrNO/c1-9-5-4-6-13(14(9)15)16-10(2)7-12(8-17)11(16)3/h4-8H,1-3H3. The van der Waals surface area contributed by atoms with Crippen LogP contribution in [-0.4, -0.2) is 10.9 Å². The van der Waals surface area contributed by atoms with Gasteiger partial charge in [-0.3, -0.25) is 4.79 Å². The van der Waals surface area contributed by atoms with Gasteiger partial charge < -0.3 is 4.57 Å². The summed E-state index contributed by atoms with van der Waals surface area (Å²) >= 11 is 3.61. The minimum Gasteiger partial charge on any atom is -0.317 e. The van der Waals surface area contributed by atoms with Gasteiger partial charge in [-0.2, -0.15) is 0 Å². The lowest BCUT2D eigenvalue weighted by molar-refractivity contribution is 0.112. The fraction of sp³-hybridized carbons (Fsp3) is 0.214. The van der Waals surface area contributed by atoms with Crippen LogP contribution >= 0.6 is 15.9 Å². The third-order valence-corrected chi connectivity index (χ3v) is 4.04. The molecular formula is C14H14BrNO. The van der Waals surface area contributed by atoms with Crippen molar-refractivity contribution in [2.45, 2.75) is 20.8 Å². The molecule has 0 radical (unpaired) electrons. The van der Waals surface area contributed by atoms with Crippen molar-refractivity contribution < 1.29 is 4.79 Å². The highest BCUT2D eigenvalue weighted by atomic mass is 79.9. The Morgan fingerprint density at radius 2 is 1.94 bits per heavy atom. The monoisotopic (exact) mass is 291 g/mol. The molecule has 3 heteroatoms. The first-order chi connectivity index (χ1) is 8.06. The summed E-state index contributed by atoms with van der Waals surface area (Å²) in [6.07, 6.45) is 0.905. The highest BCUT2D eigenvalue weighted by Crippen LogP contribution is 2.28. The van der Waals surface area contributed by atoms with E-state index in [1.807, 2.05) is 32.0 Å². The zero-order valence-corrected chi connectivity index (χ0v) is 11.7. The van der Waals surface area contributed by atoms with Gasteiger partial charge in [0.05, 0.1) is 5.69 Å². The smallest absolute Gasteiger partial charge is 0.151 e. The van der Waals surface area contributed by atoms with Gasteiger partial charge in [-0.25, -0.2) is 0 Å². The Morgan fingerprint density at radius 1 is 1.24 bits per heavy atom. The van der Waals surface area contributed by atoms with E-state index in [1.54, 1.807) is 0 Å². The highest BCUT2D eigenvalue weighted by Gasteiger charge is 2.12. The van der Waals surface area contributed by atoms with Crippen LogP contribution in [0.2, 0.25) is 0 Å². The van der Waals surface area contributed by atoms with Crippen molar-refractivity contribution in [3.05, 3.63) is 51.3 Å². The summed E-state index contributed by atoms with van der Waals surface area (Å²) in [4.78, 5) is 11.0. The average molecular weight is 292 g/mol. The van der Waals surface area contributed by atoms with E-state index in [9.17, 15) is 4.79 Å². The van der Waals surface area contributed by atoms with Gasteiger partial charge in [0, 0.05) is 21.4 Å². The number of hydrogen-bond donors (Lipinski definition) is 0. The van der Waals surface area contributed by atoms with Gasteiger partial charge >= 0.3 is 0 Å². The molecule has 0 amide bonds. The molecule has 0 aliphatic heterocycles. The molecule has 2 rings (SSSR count). The van der Waals surface area contributed by atoms with E-state index in [1.165, 1.54) is 5.56 Å². The van der Waals surface area contributed by atoms with Crippen molar-refractivity contribution in [2.75, 3.05) is 0 Å². The number of carbonyl (C=O) groups is 1. The number of rotatable bonds is 2. The maximum Gasteiger partial charge on any atom is 0.151 e. The SMILES string of the molecule is Cc1cccc(-n2c(C)cc(C=O)c2C)c1Br. The van der Waals surface area contributed by atoms with Crippen molar-refractivity contribution in [3.63, 3.8) is 0 Å². The van der Waals surface area contributed by atoms with Crippen molar-refractivity contribution in [1.82, 2.24) is 4.57 Å². The summed E-state index contributed by atoms with van der Waals surface area (Å²) in [5.41, 5.74) is 5.05. The molecule has 1 aromatic carbocycles. The molecule has 0 aliphatic carbocycles.